The Morgan fingerprint density at radius 1 is 1.50 bits per heavy atom. The highest BCUT2D eigenvalue weighted by Crippen LogP contribution is 1.99. The summed E-state index contributed by atoms with van der Waals surface area (Å²) in [4.78, 5) is 10.8. The van der Waals surface area contributed by atoms with Crippen LogP contribution < -0.4 is 0 Å². The Morgan fingerprint density at radius 3 is 2.83 bits per heavy atom. The molecule has 0 aromatic carbocycles. The summed E-state index contributed by atoms with van der Waals surface area (Å²) >= 11 is 0. The van der Waals surface area contributed by atoms with Crippen molar-refractivity contribution in [1.29, 1.82) is 0 Å². The van der Waals surface area contributed by atoms with Gasteiger partial charge in [0.25, 0.3) is 0 Å². The number of hydrogen-bond acceptors (Lipinski definition) is 2. The fourth-order valence-electron chi connectivity index (χ4n) is 0.801. The molecule has 0 saturated carbocycles. The van der Waals surface area contributed by atoms with Crippen molar-refractivity contribution in [3.05, 3.63) is 25.0 Å². The maximum Gasteiger partial charge on any atom is 0.310 e. The molecule has 2 nitrogen and oxygen atoms in total. The smallest absolute Gasteiger partial charge is 0.310 e. The van der Waals surface area contributed by atoms with E-state index in [0.717, 1.165) is 19.3 Å². The van der Waals surface area contributed by atoms with E-state index in [1.807, 2.05) is 0 Å². The fraction of sp³-hybridized carbons (Fsp3) is 0.500. The van der Waals surface area contributed by atoms with E-state index in [-0.39, 0.29) is 5.97 Å². The van der Waals surface area contributed by atoms with Crippen molar-refractivity contribution >= 4 is 5.97 Å². The number of ether oxygens (including phenoxy) is 1. The van der Waals surface area contributed by atoms with Gasteiger partial charge in [-0.2, -0.15) is 0 Å². The number of hydrogen-bond donors (Lipinski definition) is 0. The molecule has 0 aromatic rings. The Hall–Kier alpha value is -1.05. The highest BCUT2D eigenvalue weighted by molar-refractivity contribution is 5.69. The first-order chi connectivity index (χ1) is 5.81. The SMILES string of the molecule is C=COC(=O)CCCC=CCC. The molecule has 0 fully saturated rings. The van der Waals surface area contributed by atoms with Gasteiger partial charge >= 0.3 is 5.97 Å². The van der Waals surface area contributed by atoms with Gasteiger partial charge in [-0.1, -0.05) is 25.7 Å². The number of unbranched alkanes of at least 4 members (excludes halogenated alkanes) is 1. The van der Waals surface area contributed by atoms with E-state index >= 15 is 0 Å². The van der Waals surface area contributed by atoms with Gasteiger partial charge in [-0.25, -0.2) is 0 Å². The molecule has 0 radical (unpaired) electrons. The molecule has 68 valence electrons. The third-order valence-corrected chi connectivity index (χ3v) is 1.37. The van der Waals surface area contributed by atoms with E-state index < -0.39 is 0 Å². The zero-order chi connectivity index (χ0) is 9.23. The average Bonchev–Trinajstić information content (AvgIpc) is 2.05. The Balaban J connectivity index is 3.24. The molecular formula is C10H16O2. The lowest BCUT2D eigenvalue weighted by atomic mass is 10.2. The van der Waals surface area contributed by atoms with Crippen LogP contribution in [0.1, 0.15) is 32.6 Å². The summed E-state index contributed by atoms with van der Waals surface area (Å²) in [7, 11) is 0. The molecule has 0 aromatic heterocycles. The Labute approximate surface area is 73.9 Å². The molecule has 0 spiro atoms. The number of allylic oxidation sites excluding steroid dienone is 2. The summed E-state index contributed by atoms with van der Waals surface area (Å²) in [6.45, 7) is 5.39. The van der Waals surface area contributed by atoms with Gasteiger partial charge in [0, 0.05) is 6.42 Å². The standard InChI is InChI=1S/C10H16O2/c1-3-5-6-7-8-9-10(11)12-4-2/h4-6H,2-3,7-9H2,1H3. The van der Waals surface area contributed by atoms with Crippen LogP contribution in [0.5, 0.6) is 0 Å². The number of carbonyl (C=O) groups excluding carboxylic acids is 1. The first-order valence-electron chi connectivity index (χ1n) is 4.26. The molecule has 0 amide bonds. The maximum atomic E-state index is 10.8. The Morgan fingerprint density at radius 2 is 2.25 bits per heavy atom. The molecule has 0 heterocycles. The highest BCUT2D eigenvalue weighted by Gasteiger charge is 1.97. The van der Waals surface area contributed by atoms with Crippen LogP contribution in [-0.4, -0.2) is 5.97 Å². The molecule has 0 bridgehead atoms. The Kier molecular flexibility index (Phi) is 7.35. The van der Waals surface area contributed by atoms with Gasteiger partial charge < -0.3 is 4.74 Å². The number of rotatable bonds is 6. The summed E-state index contributed by atoms with van der Waals surface area (Å²) in [6, 6.07) is 0. The summed E-state index contributed by atoms with van der Waals surface area (Å²) in [5, 5.41) is 0. The van der Waals surface area contributed by atoms with Gasteiger partial charge in [0.2, 0.25) is 0 Å². The second kappa shape index (κ2) is 8.05. The molecule has 0 rings (SSSR count). The van der Waals surface area contributed by atoms with Crippen LogP contribution in [0.4, 0.5) is 0 Å². The quantitative estimate of drug-likeness (QED) is 0.264. The van der Waals surface area contributed by atoms with Crippen molar-refractivity contribution in [2.45, 2.75) is 32.6 Å². The van der Waals surface area contributed by atoms with E-state index in [1.165, 1.54) is 6.26 Å². The topological polar surface area (TPSA) is 26.3 Å². The van der Waals surface area contributed by atoms with Crippen LogP contribution in [0.3, 0.4) is 0 Å². The molecular weight excluding hydrogens is 152 g/mol. The van der Waals surface area contributed by atoms with Gasteiger partial charge in [-0.3, -0.25) is 4.79 Å². The first-order valence-corrected chi connectivity index (χ1v) is 4.26. The lowest BCUT2D eigenvalue weighted by Gasteiger charge is -1.95. The second-order valence-corrected chi connectivity index (χ2v) is 2.43. The molecule has 12 heavy (non-hydrogen) atoms. The van der Waals surface area contributed by atoms with Crippen LogP contribution in [0, 0.1) is 0 Å². The van der Waals surface area contributed by atoms with Gasteiger partial charge in [0.05, 0.1) is 6.26 Å². The summed E-state index contributed by atoms with van der Waals surface area (Å²) < 4.78 is 4.55. The average molecular weight is 168 g/mol. The molecule has 0 aliphatic carbocycles. The van der Waals surface area contributed by atoms with Gasteiger partial charge in [0.1, 0.15) is 0 Å². The zero-order valence-corrected chi connectivity index (χ0v) is 7.58. The molecule has 2 heteroatoms. The monoisotopic (exact) mass is 168 g/mol. The van der Waals surface area contributed by atoms with Crippen molar-refractivity contribution in [2.75, 3.05) is 0 Å². The fourth-order valence-corrected chi connectivity index (χ4v) is 0.801. The van der Waals surface area contributed by atoms with Crippen molar-refractivity contribution in [3.8, 4) is 0 Å². The van der Waals surface area contributed by atoms with Crippen molar-refractivity contribution in [2.24, 2.45) is 0 Å². The lowest BCUT2D eigenvalue weighted by molar-refractivity contribution is -0.138. The zero-order valence-electron chi connectivity index (χ0n) is 7.58. The molecule has 0 aliphatic rings. The lowest BCUT2D eigenvalue weighted by Crippen LogP contribution is -1.97. The van der Waals surface area contributed by atoms with Gasteiger partial charge in [0.15, 0.2) is 0 Å². The van der Waals surface area contributed by atoms with Crippen LogP contribution >= 0.6 is 0 Å². The summed E-state index contributed by atoms with van der Waals surface area (Å²) in [5.41, 5.74) is 0. The van der Waals surface area contributed by atoms with Crippen molar-refractivity contribution in [1.82, 2.24) is 0 Å². The van der Waals surface area contributed by atoms with E-state index in [1.54, 1.807) is 0 Å². The van der Waals surface area contributed by atoms with E-state index in [4.69, 9.17) is 0 Å². The predicted molar refractivity (Wildman–Crippen MR) is 49.6 cm³/mol. The molecule has 0 atom stereocenters. The largest absolute Gasteiger partial charge is 0.435 e. The third kappa shape index (κ3) is 7.06. The van der Waals surface area contributed by atoms with Crippen molar-refractivity contribution in [3.63, 3.8) is 0 Å². The Bertz CT molecular complexity index is 159. The minimum Gasteiger partial charge on any atom is -0.435 e. The summed E-state index contributed by atoms with van der Waals surface area (Å²) in [6.07, 6.45) is 8.67. The maximum absolute atomic E-state index is 10.8. The minimum atomic E-state index is -0.199. The van der Waals surface area contributed by atoms with E-state index in [2.05, 4.69) is 30.4 Å². The van der Waals surface area contributed by atoms with Crippen LogP contribution in [-0.2, 0) is 9.53 Å². The first kappa shape index (κ1) is 11.0. The predicted octanol–water partition coefficient (Wildman–Crippen LogP) is 2.81. The highest BCUT2D eigenvalue weighted by atomic mass is 16.5. The molecule has 0 unspecified atom stereocenters. The van der Waals surface area contributed by atoms with Gasteiger partial charge in [-0.05, 0) is 19.3 Å². The van der Waals surface area contributed by atoms with Crippen LogP contribution in [0.2, 0.25) is 0 Å². The van der Waals surface area contributed by atoms with Crippen molar-refractivity contribution < 1.29 is 9.53 Å². The van der Waals surface area contributed by atoms with E-state index in [9.17, 15) is 4.79 Å². The molecule has 0 saturated heterocycles. The minimum absolute atomic E-state index is 0.199. The molecule has 0 N–H and O–H groups in total. The summed E-state index contributed by atoms with van der Waals surface area (Å²) in [5.74, 6) is -0.199. The third-order valence-electron chi connectivity index (χ3n) is 1.37. The van der Waals surface area contributed by atoms with Crippen LogP contribution in [0.15, 0.2) is 25.0 Å². The second-order valence-electron chi connectivity index (χ2n) is 2.43. The van der Waals surface area contributed by atoms with Gasteiger partial charge in [-0.15, -0.1) is 0 Å². The van der Waals surface area contributed by atoms with Crippen LogP contribution in [0.25, 0.3) is 0 Å². The number of esters is 1. The van der Waals surface area contributed by atoms with E-state index in [0.29, 0.717) is 6.42 Å². The number of carbonyl (C=O) groups is 1. The molecule has 0 aliphatic heterocycles. The normalized spacial score (nSPS) is 10.1.